The quantitative estimate of drug-likeness (QED) is 0.176. The molecule has 4 atom stereocenters. The molecule has 2 fully saturated rings. The molecule has 244 valence electrons. The van der Waals surface area contributed by atoms with Crippen molar-refractivity contribution in [2.24, 2.45) is 10.8 Å². The molecule has 0 aromatic heterocycles. The van der Waals surface area contributed by atoms with Gasteiger partial charge in [-0.3, -0.25) is 4.79 Å². The molecule has 3 aliphatic rings. The molecule has 3 rings (SSSR count). The van der Waals surface area contributed by atoms with Crippen LogP contribution in [0.5, 0.6) is 0 Å². The average Bonchev–Trinajstić information content (AvgIpc) is 3.46. The topological polar surface area (TPSA) is 59.1 Å². The lowest BCUT2D eigenvalue weighted by atomic mass is 9.63. The summed E-state index contributed by atoms with van der Waals surface area (Å²) in [6, 6.07) is 0. The standard InChI is InChI=1S/C41H56O4/c1-29(18-14-20-31(3)22-23-35-37(33(5)42)36(44-11)28-38(35,6)7)16-12-13-17-30(2)19-15-21-32(4)24-25-41-39(8,9)26-34(43)27-40(41,10)45-41/h12-25,34,36,43H,26-28H2,1-11H3/b13-12+,18-14+,19-15+,23-22+,25-24+,29-16+,30-17+,31-20+,32-21+/t34-,36+,40+,41-/m0/s1. The number of methoxy groups -OCH3 is 1. The van der Waals surface area contributed by atoms with Gasteiger partial charge in [-0.1, -0.05) is 129 Å². The van der Waals surface area contributed by atoms with Gasteiger partial charge in [0.05, 0.1) is 12.2 Å². The van der Waals surface area contributed by atoms with Crippen LogP contribution in [0.15, 0.2) is 119 Å². The summed E-state index contributed by atoms with van der Waals surface area (Å²) >= 11 is 0. The highest BCUT2D eigenvalue weighted by Crippen LogP contribution is 2.66. The third-order valence-corrected chi connectivity index (χ3v) is 9.57. The monoisotopic (exact) mass is 612 g/mol. The number of ether oxygens (including phenoxy) is 2. The van der Waals surface area contributed by atoms with Crippen molar-refractivity contribution in [2.45, 2.75) is 112 Å². The van der Waals surface area contributed by atoms with Crippen LogP contribution in [0.2, 0.25) is 0 Å². The molecular formula is C41H56O4. The molecule has 2 aliphatic carbocycles. The zero-order valence-electron chi connectivity index (χ0n) is 29.5. The minimum absolute atomic E-state index is 0.0850. The Morgan fingerprint density at radius 3 is 1.78 bits per heavy atom. The normalized spacial score (nSPS) is 31.0. The number of hydrogen-bond donors (Lipinski definition) is 1. The predicted molar refractivity (Wildman–Crippen MR) is 189 cm³/mol. The van der Waals surface area contributed by atoms with Gasteiger partial charge in [-0.05, 0) is 71.4 Å². The van der Waals surface area contributed by atoms with Gasteiger partial charge in [-0.15, -0.1) is 0 Å². The van der Waals surface area contributed by atoms with Crippen molar-refractivity contribution in [3.05, 3.63) is 119 Å². The van der Waals surface area contributed by atoms with Crippen LogP contribution >= 0.6 is 0 Å². The summed E-state index contributed by atoms with van der Waals surface area (Å²) in [4.78, 5) is 12.3. The predicted octanol–water partition coefficient (Wildman–Crippen LogP) is 9.59. The number of hydrogen-bond acceptors (Lipinski definition) is 4. The number of ketones is 1. The number of carbonyl (C=O) groups excluding carboxylic acids is 1. The molecular weight excluding hydrogens is 556 g/mol. The summed E-state index contributed by atoms with van der Waals surface area (Å²) in [5.74, 6) is 0.0850. The molecule has 45 heavy (non-hydrogen) atoms. The molecule has 4 nitrogen and oxygen atoms in total. The molecule has 1 heterocycles. The molecule has 0 unspecified atom stereocenters. The number of rotatable bonds is 12. The van der Waals surface area contributed by atoms with Crippen LogP contribution in [0.4, 0.5) is 0 Å². The molecule has 0 bridgehead atoms. The zero-order valence-corrected chi connectivity index (χ0v) is 29.5. The number of carbonyl (C=O) groups is 1. The van der Waals surface area contributed by atoms with Gasteiger partial charge in [-0.2, -0.15) is 0 Å². The molecule has 1 N–H and O–H groups in total. The van der Waals surface area contributed by atoms with Crippen molar-refractivity contribution < 1.29 is 19.4 Å². The smallest absolute Gasteiger partial charge is 0.158 e. The Balaban J connectivity index is 1.53. The maximum Gasteiger partial charge on any atom is 0.158 e. The molecule has 1 aliphatic heterocycles. The fourth-order valence-corrected chi connectivity index (χ4v) is 7.03. The van der Waals surface area contributed by atoms with Crippen molar-refractivity contribution in [1.82, 2.24) is 0 Å². The number of fused-ring (bicyclic) bond motifs is 1. The van der Waals surface area contributed by atoms with E-state index in [2.05, 4.69) is 147 Å². The van der Waals surface area contributed by atoms with Gasteiger partial charge in [0, 0.05) is 24.5 Å². The maximum absolute atomic E-state index is 12.3. The van der Waals surface area contributed by atoms with E-state index in [1.165, 1.54) is 0 Å². The van der Waals surface area contributed by atoms with E-state index in [9.17, 15) is 9.90 Å². The van der Waals surface area contributed by atoms with E-state index in [0.29, 0.717) is 6.42 Å². The van der Waals surface area contributed by atoms with Gasteiger partial charge in [-0.25, -0.2) is 0 Å². The van der Waals surface area contributed by atoms with Crippen molar-refractivity contribution in [1.29, 1.82) is 0 Å². The van der Waals surface area contributed by atoms with Crippen molar-refractivity contribution in [2.75, 3.05) is 7.11 Å². The van der Waals surface area contributed by atoms with Crippen LogP contribution in [-0.4, -0.2) is 41.4 Å². The minimum Gasteiger partial charge on any atom is -0.393 e. The van der Waals surface area contributed by atoms with Gasteiger partial charge >= 0.3 is 0 Å². The Hall–Kier alpha value is -3.05. The number of aliphatic hydroxyl groups is 1. The van der Waals surface area contributed by atoms with Crippen LogP contribution in [0.3, 0.4) is 0 Å². The first-order chi connectivity index (χ1) is 21.0. The molecule has 0 aromatic rings. The lowest BCUT2D eigenvalue weighted by Crippen LogP contribution is -2.46. The van der Waals surface area contributed by atoms with Crippen molar-refractivity contribution in [3.8, 4) is 0 Å². The van der Waals surface area contributed by atoms with E-state index < -0.39 is 0 Å². The molecule has 1 saturated carbocycles. The fourth-order valence-electron chi connectivity index (χ4n) is 7.03. The Labute approximate surface area is 273 Å². The second kappa shape index (κ2) is 14.6. The summed E-state index contributed by atoms with van der Waals surface area (Å²) in [5.41, 5.74) is 5.69. The summed E-state index contributed by atoms with van der Waals surface area (Å²) in [6.07, 6.45) is 31.2. The van der Waals surface area contributed by atoms with E-state index in [-0.39, 0.29) is 40.0 Å². The first-order valence-electron chi connectivity index (χ1n) is 16.2. The first-order valence-corrected chi connectivity index (χ1v) is 16.2. The van der Waals surface area contributed by atoms with Crippen LogP contribution in [0, 0.1) is 10.8 Å². The van der Waals surface area contributed by atoms with Gasteiger partial charge in [0.2, 0.25) is 0 Å². The van der Waals surface area contributed by atoms with Gasteiger partial charge in [0.15, 0.2) is 5.78 Å². The second-order valence-electron chi connectivity index (χ2n) is 14.6. The molecule has 0 spiro atoms. The lowest BCUT2D eigenvalue weighted by molar-refractivity contribution is -0.114. The maximum atomic E-state index is 12.3. The minimum atomic E-state index is -0.299. The Bertz CT molecular complexity index is 1430. The largest absolute Gasteiger partial charge is 0.393 e. The molecule has 4 heteroatoms. The van der Waals surface area contributed by atoms with E-state index in [0.717, 1.165) is 46.3 Å². The van der Waals surface area contributed by atoms with Gasteiger partial charge in [0.1, 0.15) is 11.2 Å². The third-order valence-electron chi connectivity index (χ3n) is 9.57. The first kappa shape index (κ1) is 36.4. The van der Waals surface area contributed by atoms with E-state index >= 15 is 0 Å². The molecule has 0 amide bonds. The summed E-state index contributed by atoms with van der Waals surface area (Å²) in [5, 5.41) is 10.3. The van der Waals surface area contributed by atoms with E-state index in [4.69, 9.17) is 9.47 Å². The highest BCUT2D eigenvalue weighted by Gasteiger charge is 2.74. The van der Waals surface area contributed by atoms with Crippen molar-refractivity contribution >= 4 is 5.78 Å². The Kier molecular flexibility index (Phi) is 11.8. The number of Topliss-reactive ketones (excluding diaryl/α,β-unsaturated/α-hetero) is 1. The van der Waals surface area contributed by atoms with Crippen molar-refractivity contribution in [3.63, 3.8) is 0 Å². The number of epoxide rings is 1. The number of aliphatic hydroxyl groups excluding tert-OH is 1. The Morgan fingerprint density at radius 1 is 0.756 bits per heavy atom. The van der Waals surface area contributed by atoms with Crippen LogP contribution in [0.1, 0.15) is 88.5 Å². The van der Waals surface area contributed by atoms with Gasteiger partial charge < -0.3 is 14.6 Å². The zero-order chi connectivity index (χ0) is 33.6. The molecule has 0 aromatic carbocycles. The van der Waals surface area contributed by atoms with Gasteiger partial charge in [0.25, 0.3) is 0 Å². The summed E-state index contributed by atoms with van der Waals surface area (Å²) < 4.78 is 11.8. The average molecular weight is 613 g/mol. The molecule has 0 radical (unpaired) electrons. The third kappa shape index (κ3) is 8.82. The van der Waals surface area contributed by atoms with E-state index in [1.807, 2.05) is 0 Å². The van der Waals surface area contributed by atoms with Crippen LogP contribution in [-0.2, 0) is 14.3 Å². The second-order valence-corrected chi connectivity index (χ2v) is 14.6. The van der Waals surface area contributed by atoms with Crippen LogP contribution < -0.4 is 0 Å². The summed E-state index contributed by atoms with van der Waals surface area (Å²) in [6.45, 7) is 20.8. The van der Waals surface area contributed by atoms with Crippen LogP contribution in [0.25, 0.3) is 0 Å². The number of allylic oxidation sites excluding steroid dienone is 18. The van der Waals surface area contributed by atoms with E-state index in [1.54, 1.807) is 14.0 Å². The lowest BCUT2D eigenvalue weighted by Gasteiger charge is -2.39. The fraction of sp³-hybridized carbons (Fsp3) is 0.488. The SMILES string of the molecule is CO[C@@H]1CC(C)(C)C(/C=C/C(C)=C/C=C/C(C)=C/C=C/C=C(C)/C=C/C=C(C)/C=C/[C@@]23O[C@]2(C)C[C@@H](O)CC3(C)C)=C1C(C)=O. The Morgan fingerprint density at radius 2 is 1.27 bits per heavy atom. The highest BCUT2D eigenvalue weighted by molar-refractivity contribution is 5.96. The highest BCUT2D eigenvalue weighted by atomic mass is 16.6. The summed E-state index contributed by atoms with van der Waals surface area (Å²) in [7, 11) is 1.68. The molecule has 1 saturated heterocycles.